The highest BCUT2D eigenvalue weighted by Gasteiger charge is 2.12. The lowest BCUT2D eigenvalue weighted by atomic mass is 10.1. The van der Waals surface area contributed by atoms with Crippen LogP contribution in [0.1, 0.15) is 22.3 Å². The quantitative estimate of drug-likeness (QED) is 0.729. The van der Waals surface area contributed by atoms with E-state index >= 15 is 0 Å². The minimum absolute atomic E-state index is 0.118. The van der Waals surface area contributed by atoms with Gasteiger partial charge in [-0.25, -0.2) is 0 Å². The fraction of sp³-hybridized carbons (Fsp3) is 0.278. The van der Waals surface area contributed by atoms with E-state index in [0.717, 1.165) is 12.1 Å². The van der Waals surface area contributed by atoms with E-state index in [4.69, 9.17) is 4.74 Å². The molecule has 0 spiro atoms. The molecule has 0 N–H and O–H groups in total. The van der Waals surface area contributed by atoms with Crippen molar-refractivity contribution in [3.63, 3.8) is 0 Å². The number of ketones is 1. The summed E-state index contributed by atoms with van der Waals surface area (Å²) >= 11 is 0. The van der Waals surface area contributed by atoms with Crippen molar-refractivity contribution in [1.29, 1.82) is 0 Å². The van der Waals surface area contributed by atoms with E-state index in [1.54, 1.807) is 0 Å². The van der Waals surface area contributed by atoms with Gasteiger partial charge in [-0.2, -0.15) is 0 Å². The molecule has 0 bridgehead atoms. The van der Waals surface area contributed by atoms with Gasteiger partial charge >= 0.3 is 0 Å². The second kappa shape index (κ2) is 7.60. The minimum atomic E-state index is 0.118. The van der Waals surface area contributed by atoms with Crippen molar-refractivity contribution in [2.45, 2.75) is 13.0 Å². The van der Waals surface area contributed by atoms with Crippen LogP contribution >= 0.6 is 0 Å². The van der Waals surface area contributed by atoms with Crippen molar-refractivity contribution >= 4 is 5.78 Å². The van der Waals surface area contributed by atoms with Crippen LogP contribution in [0.25, 0.3) is 0 Å². The molecule has 0 aliphatic carbocycles. The second-order valence-corrected chi connectivity index (χ2v) is 5.25. The van der Waals surface area contributed by atoms with Crippen molar-refractivity contribution in [2.24, 2.45) is 0 Å². The number of Topliss-reactive ketones (excluding diaryl/α,β-unsaturated/α-hetero) is 1. The van der Waals surface area contributed by atoms with Gasteiger partial charge in [-0.05, 0) is 31.8 Å². The van der Waals surface area contributed by atoms with Crippen LogP contribution in [-0.2, 0) is 6.61 Å². The molecule has 110 valence electrons. The van der Waals surface area contributed by atoms with Crippen LogP contribution in [0.15, 0.2) is 54.6 Å². The Morgan fingerprint density at radius 3 is 2.38 bits per heavy atom. The summed E-state index contributed by atoms with van der Waals surface area (Å²) in [5, 5.41) is 0. The third-order valence-corrected chi connectivity index (χ3v) is 3.21. The molecule has 3 heteroatoms. The van der Waals surface area contributed by atoms with Crippen LogP contribution in [0.2, 0.25) is 0 Å². The molecule has 3 nitrogen and oxygen atoms in total. The molecule has 0 amide bonds. The highest BCUT2D eigenvalue weighted by Crippen LogP contribution is 2.21. The lowest BCUT2D eigenvalue weighted by Crippen LogP contribution is -2.17. The van der Waals surface area contributed by atoms with Crippen LogP contribution in [0.3, 0.4) is 0 Å². The van der Waals surface area contributed by atoms with Crippen LogP contribution in [0.4, 0.5) is 0 Å². The third kappa shape index (κ3) is 4.72. The van der Waals surface area contributed by atoms with Crippen molar-refractivity contribution in [1.82, 2.24) is 4.90 Å². The summed E-state index contributed by atoms with van der Waals surface area (Å²) < 4.78 is 5.82. The monoisotopic (exact) mass is 283 g/mol. The average Bonchev–Trinajstić information content (AvgIpc) is 2.52. The number of carbonyl (C=O) groups excluding carboxylic acids is 1. The molecule has 0 atom stereocenters. The zero-order valence-electron chi connectivity index (χ0n) is 12.6. The number of nitrogens with zero attached hydrogens (tertiary/aromatic N) is 1. The summed E-state index contributed by atoms with van der Waals surface area (Å²) in [6.07, 6.45) is 0.499. The van der Waals surface area contributed by atoms with Crippen molar-refractivity contribution in [2.75, 3.05) is 20.6 Å². The number of ether oxygens (including phenoxy) is 1. The molecule has 0 aromatic heterocycles. The predicted octanol–water partition coefficient (Wildman–Crippen LogP) is 3.40. The number of para-hydroxylation sites is 1. The maximum Gasteiger partial charge on any atom is 0.167 e. The summed E-state index contributed by atoms with van der Waals surface area (Å²) in [6, 6.07) is 17.4. The molecule has 2 aromatic rings. The molecule has 0 aliphatic rings. The third-order valence-electron chi connectivity index (χ3n) is 3.21. The molecule has 0 aliphatic heterocycles. The molecule has 0 unspecified atom stereocenters. The van der Waals surface area contributed by atoms with Gasteiger partial charge in [-0.3, -0.25) is 4.79 Å². The van der Waals surface area contributed by atoms with Gasteiger partial charge < -0.3 is 9.64 Å². The average molecular weight is 283 g/mol. The largest absolute Gasteiger partial charge is 0.488 e. The Hall–Kier alpha value is -2.13. The Bertz CT molecular complexity index is 579. The Morgan fingerprint density at radius 2 is 1.67 bits per heavy atom. The highest BCUT2D eigenvalue weighted by atomic mass is 16.5. The molecule has 0 saturated heterocycles. The second-order valence-electron chi connectivity index (χ2n) is 5.25. The maximum absolute atomic E-state index is 12.3. The summed E-state index contributed by atoms with van der Waals surface area (Å²) in [4.78, 5) is 14.3. The fourth-order valence-electron chi connectivity index (χ4n) is 2.02. The molecule has 0 saturated carbocycles. The predicted molar refractivity (Wildman–Crippen MR) is 84.7 cm³/mol. The lowest BCUT2D eigenvalue weighted by molar-refractivity contribution is 0.0968. The van der Waals surface area contributed by atoms with Gasteiger partial charge in [-0.1, -0.05) is 42.5 Å². The Balaban J connectivity index is 2.04. The number of rotatable bonds is 7. The molecule has 2 rings (SSSR count). The van der Waals surface area contributed by atoms with Crippen molar-refractivity contribution in [3.8, 4) is 5.75 Å². The molecular formula is C18H21NO2. The molecular weight excluding hydrogens is 262 g/mol. The van der Waals surface area contributed by atoms with E-state index in [0.29, 0.717) is 24.3 Å². The SMILES string of the molecule is CN(C)CCC(=O)c1ccccc1OCc1ccccc1. The van der Waals surface area contributed by atoms with Gasteiger partial charge in [0.25, 0.3) is 0 Å². The normalized spacial score (nSPS) is 10.6. The van der Waals surface area contributed by atoms with Crippen molar-refractivity contribution in [3.05, 3.63) is 65.7 Å². The van der Waals surface area contributed by atoms with E-state index < -0.39 is 0 Å². The van der Waals surface area contributed by atoms with Crippen LogP contribution < -0.4 is 4.74 Å². The van der Waals surface area contributed by atoms with E-state index in [1.165, 1.54) is 0 Å². The number of benzene rings is 2. The fourth-order valence-corrected chi connectivity index (χ4v) is 2.02. The maximum atomic E-state index is 12.3. The molecule has 0 fully saturated rings. The van der Waals surface area contributed by atoms with E-state index in [2.05, 4.69) is 0 Å². The zero-order chi connectivity index (χ0) is 15.1. The van der Waals surface area contributed by atoms with Crippen LogP contribution in [0, 0.1) is 0 Å². The first kappa shape index (κ1) is 15.3. The Kier molecular flexibility index (Phi) is 5.52. The van der Waals surface area contributed by atoms with E-state index in [9.17, 15) is 4.79 Å². The van der Waals surface area contributed by atoms with Crippen LogP contribution in [0.5, 0.6) is 5.75 Å². The first-order valence-electron chi connectivity index (χ1n) is 7.10. The number of hydrogen-bond acceptors (Lipinski definition) is 3. The standard InChI is InChI=1S/C18H21NO2/c1-19(2)13-12-17(20)16-10-6-7-11-18(16)21-14-15-8-4-3-5-9-15/h3-11H,12-14H2,1-2H3. The topological polar surface area (TPSA) is 29.5 Å². The van der Waals surface area contributed by atoms with Gasteiger partial charge in [0, 0.05) is 13.0 Å². The smallest absolute Gasteiger partial charge is 0.167 e. The van der Waals surface area contributed by atoms with Crippen LogP contribution in [-0.4, -0.2) is 31.3 Å². The summed E-state index contributed by atoms with van der Waals surface area (Å²) in [6.45, 7) is 1.21. The van der Waals surface area contributed by atoms with Crippen molar-refractivity contribution < 1.29 is 9.53 Å². The first-order chi connectivity index (χ1) is 10.2. The zero-order valence-corrected chi connectivity index (χ0v) is 12.6. The summed E-state index contributed by atoms with van der Waals surface area (Å²) in [5.41, 5.74) is 1.75. The molecule has 2 aromatic carbocycles. The summed E-state index contributed by atoms with van der Waals surface area (Å²) in [7, 11) is 3.93. The Morgan fingerprint density at radius 1 is 1.00 bits per heavy atom. The minimum Gasteiger partial charge on any atom is -0.488 e. The van der Waals surface area contributed by atoms with Gasteiger partial charge in [0.2, 0.25) is 0 Å². The van der Waals surface area contributed by atoms with Gasteiger partial charge in [-0.15, -0.1) is 0 Å². The first-order valence-corrected chi connectivity index (χ1v) is 7.10. The Labute approximate surface area is 126 Å². The molecule has 0 heterocycles. The van der Waals surface area contributed by atoms with E-state index in [-0.39, 0.29) is 5.78 Å². The van der Waals surface area contributed by atoms with E-state index in [1.807, 2.05) is 73.6 Å². The number of carbonyl (C=O) groups is 1. The molecule has 21 heavy (non-hydrogen) atoms. The summed E-state index contributed by atoms with van der Waals surface area (Å²) in [5.74, 6) is 0.775. The van der Waals surface area contributed by atoms with Gasteiger partial charge in [0.05, 0.1) is 5.56 Å². The van der Waals surface area contributed by atoms with Gasteiger partial charge in [0.15, 0.2) is 5.78 Å². The lowest BCUT2D eigenvalue weighted by Gasteiger charge is -2.12. The van der Waals surface area contributed by atoms with Gasteiger partial charge in [0.1, 0.15) is 12.4 Å². The molecule has 0 radical (unpaired) electrons. The number of hydrogen-bond donors (Lipinski definition) is 0. The highest BCUT2D eigenvalue weighted by molar-refractivity contribution is 5.98.